The molecule has 1 aromatic rings. The van der Waals surface area contributed by atoms with E-state index in [0.717, 1.165) is 13.1 Å². The van der Waals surface area contributed by atoms with Gasteiger partial charge in [-0.15, -0.1) is 0 Å². The van der Waals surface area contributed by atoms with Crippen molar-refractivity contribution in [1.82, 2.24) is 4.90 Å². The summed E-state index contributed by atoms with van der Waals surface area (Å²) in [5.74, 6) is -0.282. The molecular weight excluding hydrogens is 214 g/mol. The van der Waals surface area contributed by atoms with Crippen LogP contribution in [0.4, 0.5) is 0 Å². The van der Waals surface area contributed by atoms with Crippen LogP contribution in [0, 0.1) is 0 Å². The van der Waals surface area contributed by atoms with E-state index in [1.165, 1.54) is 25.5 Å². The summed E-state index contributed by atoms with van der Waals surface area (Å²) >= 11 is 0. The maximum atomic E-state index is 11.3. The van der Waals surface area contributed by atoms with Gasteiger partial charge in [0.2, 0.25) is 0 Å². The first-order valence-corrected chi connectivity index (χ1v) is 6.03. The second kappa shape index (κ2) is 7.07. The van der Waals surface area contributed by atoms with Crippen LogP contribution in [-0.4, -0.2) is 31.6 Å². The van der Waals surface area contributed by atoms with Crippen LogP contribution in [0.5, 0.6) is 0 Å². The highest BCUT2D eigenvalue weighted by atomic mass is 16.5. The van der Waals surface area contributed by atoms with E-state index in [0.29, 0.717) is 5.56 Å². The quantitative estimate of drug-likeness (QED) is 0.710. The van der Waals surface area contributed by atoms with Gasteiger partial charge in [0.25, 0.3) is 0 Å². The number of nitrogens with zero attached hydrogens (tertiary/aromatic N) is 1. The number of rotatable bonds is 6. The second-order valence-electron chi connectivity index (χ2n) is 4.28. The first kappa shape index (κ1) is 13.7. The van der Waals surface area contributed by atoms with Gasteiger partial charge in [0.15, 0.2) is 0 Å². The highest BCUT2D eigenvalue weighted by Crippen LogP contribution is 2.08. The van der Waals surface area contributed by atoms with Crippen LogP contribution in [0.15, 0.2) is 24.3 Å². The van der Waals surface area contributed by atoms with Gasteiger partial charge in [0.05, 0.1) is 12.7 Å². The first-order valence-electron chi connectivity index (χ1n) is 6.03. The standard InChI is InChI=1S/C14H21NO2/c1-4-5-10-15(2)11-12-6-8-13(9-7-12)14(16)17-3/h6-9H,4-5,10-11H2,1-3H3. The van der Waals surface area contributed by atoms with Crippen molar-refractivity contribution < 1.29 is 9.53 Å². The lowest BCUT2D eigenvalue weighted by Gasteiger charge is -2.16. The summed E-state index contributed by atoms with van der Waals surface area (Å²) < 4.78 is 4.66. The Labute approximate surface area is 103 Å². The number of carbonyl (C=O) groups excluding carboxylic acids is 1. The Hall–Kier alpha value is -1.35. The minimum atomic E-state index is -0.282. The summed E-state index contributed by atoms with van der Waals surface area (Å²) in [5.41, 5.74) is 1.82. The molecule has 17 heavy (non-hydrogen) atoms. The number of methoxy groups -OCH3 is 1. The Bertz CT molecular complexity index is 346. The van der Waals surface area contributed by atoms with Crippen molar-refractivity contribution in [3.8, 4) is 0 Å². The van der Waals surface area contributed by atoms with Gasteiger partial charge < -0.3 is 9.64 Å². The molecule has 0 spiro atoms. The maximum absolute atomic E-state index is 11.3. The van der Waals surface area contributed by atoms with Gasteiger partial charge in [-0.3, -0.25) is 0 Å². The molecule has 0 unspecified atom stereocenters. The lowest BCUT2D eigenvalue weighted by atomic mass is 10.1. The van der Waals surface area contributed by atoms with Gasteiger partial charge in [-0.05, 0) is 37.7 Å². The summed E-state index contributed by atoms with van der Waals surface area (Å²) in [4.78, 5) is 13.5. The Morgan fingerprint density at radius 3 is 2.47 bits per heavy atom. The molecule has 94 valence electrons. The number of hydrogen-bond donors (Lipinski definition) is 0. The van der Waals surface area contributed by atoms with Crippen molar-refractivity contribution >= 4 is 5.97 Å². The fraction of sp³-hybridized carbons (Fsp3) is 0.500. The van der Waals surface area contributed by atoms with E-state index in [-0.39, 0.29) is 5.97 Å². The van der Waals surface area contributed by atoms with E-state index in [1.807, 2.05) is 24.3 Å². The van der Waals surface area contributed by atoms with E-state index in [2.05, 4.69) is 23.6 Å². The van der Waals surface area contributed by atoms with Crippen molar-refractivity contribution in [2.75, 3.05) is 20.7 Å². The van der Waals surface area contributed by atoms with Crippen LogP contribution >= 0.6 is 0 Å². The molecule has 0 heterocycles. The topological polar surface area (TPSA) is 29.5 Å². The number of carbonyl (C=O) groups is 1. The molecule has 3 nitrogen and oxygen atoms in total. The predicted octanol–water partition coefficient (Wildman–Crippen LogP) is 2.71. The average Bonchev–Trinajstić information content (AvgIpc) is 2.36. The van der Waals surface area contributed by atoms with Crippen molar-refractivity contribution in [3.05, 3.63) is 35.4 Å². The SMILES string of the molecule is CCCCN(C)Cc1ccc(C(=O)OC)cc1. The van der Waals surface area contributed by atoms with Crippen LogP contribution in [0.1, 0.15) is 35.7 Å². The minimum Gasteiger partial charge on any atom is -0.465 e. The summed E-state index contributed by atoms with van der Waals surface area (Å²) in [7, 11) is 3.51. The summed E-state index contributed by atoms with van der Waals surface area (Å²) in [5, 5.41) is 0. The molecule has 0 aliphatic rings. The van der Waals surface area contributed by atoms with E-state index >= 15 is 0 Å². The number of ether oxygens (including phenoxy) is 1. The Balaban J connectivity index is 2.53. The first-order chi connectivity index (χ1) is 8.17. The zero-order chi connectivity index (χ0) is 12.7. The highest BCUT2D eigenvalue weighted by Gasteiger charge is 2.05. The zero-order valence-corrected chi connectivity index (χ0v) is 10.9. The Morgan fingerprint density at radius 2 is 1.94 bits per heavy atom. The second-order valence-corrected chi connectivity index (χ2v) is 4.28. The maximum Gasteiger partial charge on any atom is 0.337 e. The molecule has 0 amide bonds. The average molecular weight is 235 g/mol. The van der Waals surface area contributed by atoms with E-state index in [1.54, 1.807) is 0 Å². The van der Waals surface area contributed by atoms with Crippen LogP contribution in [-0.2, 0) is 11.3 Å². The summed E-state index contributed by atoms with van der Waals surface area (Å²) in [6.45, 7) is 4.22. The molecule has 0 radical (unpaired) electrons. The third kappa shape index (κ3) is 4.57. The number of hydrogen-bond acceptors (Lipinski definition) is 3. The van der Waals surface area contributed by atoms with Gasteiger partial charge in [-0.25, -0.2) is 4.79 Å². The van der Waals surface area contributed by atoms with Crippen LogP contribution in [0.25, 0.3) is 0 Å². The van der Waals surface area contributed by atoms with Crippen molar-refractivity contribution in [2.24, 2.45) is 0 Å². The van der Waals surface area contributed by atoms with Gasteiger partial charge in [-0.1, -0.05) is 25.5 Å². The van der Waals surface area contributed by atoms with E-state index < -0.39 is 0 Å². The molecule has 3 heteroatoms. The number of esters is 1. The molecule has 0 saturated carbocycles. The molecular formula is C14H21NO2. The van der Waals surface area contributed by atoms with Gasteiger partial charge >= 0.3 is 5.97 Å². The molecule has 0 fully saturated rings. The van der Waals surface area contributed by atoms with Crippen LogP contribution in [0.3, 0.4) is 0 Å². The molecule has 0 N–H and O–H groups in total. The van der Waals surface area contributed by atoms with Crippen LogP contribution in [0.2, 0.25) is 0 Å². The molecule has 0 saturated heterocycles. The third-order valence-corrected chi connectivity index (χ3v) is 2.72. The molecule has 1 aromatic carbocycles. The Kier molecular flexibility index (Phi) is 5.70. The van der Waals surface area contributed by atoms with Crippen LogP contribution < -0.4 is 0 Å². The third-order valence-electron chi connectivity index (χ3n) is 2.72. The largest absolute Gasteiger partial charge is 0.465 e. The molecule has 0 aromatic heterocycles. The molecule has 0 atom stereocenters. The number of benzene rings is 1. The Morgan fingerprint density at radius 1 is 1.29 bits per heavy atom. The van der Waals surface area contributed by atoms with E-state index in [9.17, 15) is 4.79 Å². The summed E-state index contributed by atoms with van der Waals surface area (Å²) in [6, 6.07) is 7.59. The monoisotopic (exact) mass is 235 g/mol. The normalized spacial score (nSPS) is 10.6. The van der Waals surface area contributed by atoms with Crippen molar-refractivity contribution in [3.63, 3.8) is 0 Å². The van der Waals surface area contributed by atoms with Crippen molar-refractivity contribution in [1.29, 1.82) is 0 Å². The smallest absolute Gasteiger partial charge is 0.337 e. The molecule has 1 rings (SSSR count). The number of unbranched alkanes of at least 4 members (excludes halogenated alkanes) is 1. The molecule has 0 aliphatic carbocycles. The fourth-order valence-electron chi connectivity index (χ4n) is 1.68. The van der Waals surface area contributed by atoms with Gasteiger partial charge in [0.1, 0.15) is 0 Å². The van der Waals surface area contributed by atoms with Gasteiger partial charge in [0, 0.05) is 6.54 Å². The lowest BCUT2D eigenvalue weighted by Crippen LogP contribution is -2.18. The molecule has 0 bridgehead atoms. The highest BCUT2D eigenvalue weighted by molar-refractivity contribution is 5.89. The fourth-order valence-corrected chi connectivity index (χ4v) is 1.68. The molecule has 0 aliphatic heterocycles. The lowest BCUT2D eigenvalue weighted by molar-refractivity contribution is 0.0600. The predicted molar refractivity (Wildman–Crippen MR) is 69.0 cm³/mol. The summed E-state index contributed by atoms with van der Waals surface area (Å²) in [6.07, 6.45) is 2.43. The zero-order valence-electron chi connectivity index (χ0n) is 10.9. The van der Waals surface area contributed by atoms with Gasteiger partial charge in [-0.2, -0.15) is 0 Å². The van der Waals surface area contributed by atoms with E-state index in [4.69, 9.17) is 0 Å². The van der Waals surface area contributed by atoms with Crippen molar-refractivity contribution in [2.45, 2.75) is 26.3 Å². The minimum absolute atomic E-state index is 0.282.